The van der Waals surface area contributed by atoms with Crippen LogP contribution in [0.2, 0.25) is 0 Å². The number of phenolic OH excluding ortho intramolecular Hbond substituents is 1. The highest BCUT2D eigenvalue weighted by Crippen LogP contribution is 2.27. The molecule has 5 heteroatoms. The summed E-state index contributed by atoms with van der Waals surface area (Å²) in [5.74, 6) is 0.348. The van der Waals surface area contributed by atoms with Gasteiger partial charge in [-0.25, -0.2) is 0 Å². The van der Waals surface area contributed by atoms with Crippen molar-refractivity contribution in [3.05, 3.63) is 23.8 Å². The standard InChI is InChI=1S/C15H22N2O3/c1-16(2)12-5-4-8-17(10-12)15(19)11-6-7-14(20-3)13(18)9-11/h6-7,9,12,18H,4-5,8,10H2,1-3H3. The van der Waals surface area contributed by atoms with Crippen LogP contribution in [0.3, 0.4) is 0 Å². The van der Waals surface area contributed by atoms with Gasteiger partial charge >= 0.3 is 0 Å². The number of hydrogen-bond acceptors (Lipinski definition) is 4. The van der Waals surface area contributed by atoms with Gasteiger partial charge in [-0.3, -0.25) is 4.79 Å². The van der Waals surface area contributed by atoms with Gasteiger partial charge < -0.3 is 19.6 Å². The molecule has 20 heavy (non-hydrogen) atoms. The zero-order chi connectivity index (χ0) is 14.7. The van der Waals surface area contributed by atoms with Gasteiger partial charge in [0.15, 0.2) is 11.5 Å². The van der Waals surface area contributed by atoms with Gasteiger partial charge in [-0.05, 0) is 45.1 Å². The molecule has 1 aromatic carbocycles. The third kappa shape index (κ3) is 3.04. The zero-order valence-corrected chi connectivity index (χ0v) is 12.3. The Labute approximate surface area is 119 Å². The normalized spacial score (nSPS) is 19.2. The lowest BCUT2D eigenvalue weighted by atomic mass is 10.0. The molecule has 1 aromatic rings. The van der Waals surface area contributed by atoms with E-state index in [9.17, 15) is 9.90 Å². The Kier molecular flexibility index (Phi) is 4.49. The van der Waals surface area contributed by atoms with E-state index in [1.165, 1.54) is 13.2 Å². The first-order valence-electron chi connectivity index (χ1n) is 6.85. The van der Waals surface area contributed by atoms with E-state index in [1.807, 2.05) is 19.0 Å². The number of likely N-dealkylation sites (tertiary alicyclic amines) is 1. The average molecular weight is 278 g/mol. The summed E-state index contributed by atoms with van der Waals surface area (Å²) >= 11 is 0. The Balaban J connectivity index is 2.12. The molecule has 1 amide bonds. The monoisotopic (exact) mass is 278 g/mol. The van der Waals surface area contributed by atoms with Crippen LogP contribution in [0.5, 0.6) is 11.5 Å². The fraction of sp³-hybridized carbons (Fsp3) is 0.533. The number of phenols is 1. The molecule has 1 unspecified atom stereocenters. The van der Waals surface area contributed by atoms with Crippen LogP contribution in [0.15, 0.2) is 18.2 Å². The van der Waals surface area contributed by atoms with Crippen LogP contribution in [0.1, 0.15) is 23.2 Å². The van der Waals surface area contributed by atoms with Crippen molar-refractivity contribution >= 4 is 5.91 Å². The highest BCUT2D eigenvalue weighted by molar-refractivity contribution is 5.95. The number of rotatable bonds is 3. The van der Waals surface area contributed by atoms with Gasteiger partial charge in [-0.1, -0.05) is 0 Å². The van der Waals surface area contributed by atoms with Crippen molar-refractivity contribution in [1.82, 2.24) is 9.80 Å². The molecule has 1 atom stereocenters. The van der Waals surface area contributed by atoms with E-state index in [-0.39, 0.29) is 11.7 Å². The number of piperidine rings is 1. The number of hydrogen-bond donors (Lipinski definition) is 1. The van der Waals surface area contributed by atoms with Crippen LogP contribution in [-0.2, 0) is 0 Å². The number of aromatic hydroxyl groups is 1. The smallest absolute Gasteiger partial charge is 0.254 e. The number of nitrogens with zero attached hydrogens (tertiary/aromatic N) is 2. The predicted octanol–water partition coefficient (Wildman–Crippen LogP) is 1.57. The van der Waals surface area contributed by atoms with Crippen LogP contribution in [0, 0.1) is 0 Å². The molecule has 1 aliphatic heterocycles. The van der Waals surface area contributed by atoms with Gasteiger partial charge in [0.25, 0.3) is 5.91 Å². The molecule has 0 radical (unpaired) electrons. The van der Waals surface area contributed by atoms with E-state index in [2.05, 4.69) is 4.90 Å². The number of carbonyl (C=O) groups is 1. The quantitative estimate of drug-likeness (QED) is 0.912. The molecule has 0 aromatic heterocycles. The molecule has 1 N–H and O–H groups in total. The molecule has 1 heterocycles. The van der Waals surface area contributed by atoms with Crippen LogP contribution >= 0.6 is 0 Å². The first-order valence-corrected chi connectivity index (χ1v) is 6.85. The number of methoxy groups -OCH3 is 1. The maximum Gasteiger partial charge on any atom is 0.254 e. The van der Waals surface area contributed by atoms with Gasteiger partial charge in [-0.15, -0.1) is 0 Å². The fourth-order valence-corrected chi connectivity index (χ4v) is 2.57. The Morgan fingerprint density at radius 1 is 1.45 bits per heavy atom. The summed E-state index contributed by atoms with van der Waals surface area (Å²) in [6.45, 7) is 1.51. The van der Waals surface area contributed by atoms with E-state index in [0.29, 0.717) is 17.4 Å². The topological polar surface area (TPSA) is 53.0 Å². The lowest BCUT2D eigenvalue weighted by molar-refractivity contribution is 0.0634. The van der Waals surface area contributed by atoms with Crippen LogP contribution < -0.4 is 4.74 Å². The third-order valence-corrected chi connectivity index (χ3v) is 3.84. The highest BCUT2D eigenvalue weighted by atomic mass is 16.5. The molecule has 0 bridgehead atoms. The van der Waals surface area contributed by atoms with Crippen LogP contribution in [-0.4, -0.2) is 61.2 Å². The van der Waals surface area contributed by atoms with E-state index >= 15 is 0 Å². The van der Waals surface area contributed by atoms with Gasteiger partial charge in [0, 0.05) is 24.7 Å². The lowest BCUT2D eigenvalue weighted by Crippen LogP contribution is -2.47. The van der Waals surface area contributed by atoms with Gasteiger partial charge in [0.2, 0.25) is 0 Å². The summed E-state index contributed by atoms with van der Waals surface area (Å²) in [5.41, 5.74) is 0.503. The summed E-state index contributed by atoms with van der Waals surface area (Å²) in [6.07, 6.45) is 2.13. The van der Waals surface area contributed by atoms with Gasteiger partial charge in [0.05, 0.1) is 7.11 Å². The minimum absolute atomic E-state index is 0.000445. The minimum atomic E-state index is -0.0329. The first kappa shape index (κ1) is 14.7. The number of carbonyl (C=O) groups excluding carboxylic acids is 1. The van der Waals surface area contributed by atoms with Crippen molar-refractivity contribution in [3.8, 4) is 11.5 Å². The second-order valence-electron chi connectivity index (χ2n) is 5.40. The largest absolute Gasteiger partial charge is 0.504 e. The van der Waals surface area contributed by atoms with Crippen molar-refractivity contribution < 1.29 is 14.6 Å². The number of ether oxygens (including phenoxy) is 1. The molecule has 1 saturated heterocycles. The van der Waals surface area contributed by atoms with Crippen molar-refractivity contribution in [2.75, 3.05) is 34.3 Å². The van der Waals surface area contributed by atoms with Crippen LogP contribution in [0.25, 0.3) is 0 Å². The van der Waals surface area contributed by atoms with Crippen LogP contribution in [0.4, 0.5) is 0 Å². The molecular formula is C15H22N2O3. The Bertz CT molecular complexity index is 488. The molecule has 0 aliphatic carbocycles. The van der Waals surface area contributed by atoms with E-state index in [4.69, 9.17) is 4.74 Å². The van der Waals surface area contributed by atoms with Crippen molar-refractivity contribution in [3.63, 3.8) is 0 Å². The van der Waals surface area contributed by atoms with E-state index in [1.54, 1.807) is 12.1 Å². The molecule has 1 aliphatic rings. The van der Waals surface area contributed by atoms with E-state index < -0.39 is 0 Å². The second kappa shape index (κ2) is 6.13. The Hall–Kier alpha value is -1.75. The molecule has 2 rings (SSSR count). The van der Waals surface area contributed by atoms with Gasteiger partial charge in [-0.2, -0.15) is 0 Å². The Morgan fingerprint density at radius 2 is 2.20 bits per heavy atom. The van der Waals surface area contributed by atoms with Gasteiger partial charge in [0.1, 0.15) is 0 Å². The summed E-state index contributed by atoms with van der Waals surface area (Å²) in [6, 6.07) is 5.19. The molecule has 1 fully saturated rings. The van der Waals surface area contributed by atoms with E-state index in [0.717, 1.165) is 25.9 Å². The summed E-state index contributed by atoms with van der Waals surface area (Å²) in [4.78, 5) is 16.5. The number of amides is 1. The Morgan fingerprint density at radius 3 is 2.80 bits per heavy atom. The number of benzene rings is 1. The van der Waals surface area contributed by atoms with Crippen molar-refractivity contribution in [2.24, 2.45) is 0 Å². The predicted molar refractivity (Wildman–Crippen MR) is 77.3 cm³/mol. The summed E-state index contributed by atoms with van der Waals surface area (Å²) in [5, 5.41) is 9.77. The molecule has 0 saturated carbocycles. The average Bonchev–Trinajstić information content (AvgIpc) is 2.46. The SMILES string of the molecule is COc1ccc(C(=O)N2CCCC(N(C)C)C2)cc1O. The van der Waals surface area contributed by atoms with Crippen molar-refractivity contribution in [1.29, 1.82) is 0 Å². The lowest BCUT2D eigenvalue weighted by Gasteiger charge is -2.36. The minimum Gasteiger partial charge on any atom is -0.504 e. The molecule has 110 valence electrons. The molecule has 5 nitrogen and oxygen atoms in total. The molecular weight excluding hydrogens is 256 g/mol. The first-order chi connectivity index (χ1) is 9.52. The summed E-state index contributed by atoms with van der Waals surface area (Å²) < 4.78 is 4.99. The zero-order valence-electron chi connectivity index (χ0n) is 12.3. The third-order valence-electron chi connectivity index (χ3n) is 3.84. The highest BCUT2D eigenvalue weighted by Gasteiger charge is 2.25. The second-order valence-corrected chi connectivity index (χ2v) is 5.40. The van der Waals surface area contributed by atoms with Crippen molar-refractivity contribution in [2.45, 2.75) is 18.9 Å². The summed E-state index contributed by atoms with van der Waals surface area (Å²) in [7, 11) is 5.57. The maximum atomic E-state index is 12.5. The maximum absolute atomic E-state index is 12.5. The fourth-order valence-electron chi connectivity index (χ4n) is 2.57. The molecule has 0 spiro atoms. The number of likely N-dealkylation sites (N-methyl/N-ethyl adjacent to an activating group) is 1.